The molecule has 4 aromatic rings. The number of fused-ring (bicyclic) bond motifs is 1. The summed E-state index contributed by atoms with van der Waals surface area (Å²) in [6.07, 6.45) is 6.70. The Kier molecular flexibility index (Phi) is 6.02. The third-order valence-corrected chi connectivity index (χ3v) is 6.17. The molecule has 8 nitrogen and oxygen atoms in total. The van der Waals surface area contributed by atoms with Crippen LogP contribution in [0.25, 0.3) is 11.2 Å². The number of aromatic amines is 1. The van der Waals surface area contributed by atoms with Crippen LogP contribution in [0.1, 0.15) is 23.1 Å². The van der Waals surface area contributed by atoms with E-state index in [4.69, 9.17) is 11.4 Å². The number of nitrogens with one attached hydrogen (secondary N) is 2. The van der Waals surface area contributed by atoms with Crippen LogP contribution in [0.15, 0.2) is 64.2 Å². The summed E-state index contributed by atoms with van der Waals surface area (Å²) in [4.78, 5) is 35.6. The summed E-state index contributed by atoms with van der Waals surface area (Å²) >= 11 is 0. The van der Waals surface area contributed by atoms with E-state index in [9.17, 15) is 9.59 Å². The maximum absolute atomic E-state index is 13.1. The highest BCUT2D eigenvalue weighted by atomic mass is 16.2. The maximum atomic E-state index is 13.1. The first-order chi connectivity index (χ1) is 16.7. The van der Waals surface area contributed by atoms with Crippen molar-refractivity contribution in [3.05, 3.63) is 92.1 Å². The zero-order valence-electron chi connectivity index (χ0n) is 18.8. The van der Waals surface area contributed by atoms with Crippen molar-refractivity contribution in [3.8, 4) is 12.3 Å². The molecule has 2 aromatic carbocycles. The van der Waals surface area contributed by atoms with E-state index in [1.54, 1.807) is 0 Å². The van der Waals surface area contributed by atoms with Gasteiger partial charge in [-0.05, 0) is 30.2 Å². The van der Waals surface area contributed by atoms with Crippen LogP contribution in [0.2, 0.25) is 0 Å². The lowest BCUT2D eigenvalue weighted by molar-refractivity contribution is 0.721. The number of H-pyrrole nitrogens is 1. The van der Waals surface area contributed by atoms with Crippen molar-refractivity contribution < 1.29 is 0 Å². The van der Waals surface area contributed by atoms with Gasteiger partial charge in [0.2, 0.25) is 5.95 Å². The fourth-order valence-electron chi connectivity index (χ4n) is 4.48. The normalized spacial score (nSPS) is 14.1. The van der Waals surface area contributed by atoms with Gasteiger partial charge in [-0.2, -0.15) is 4.98 Å². The molecule has 0 bridgehead atoms. The van der Waals surface area contributed by atoms with Crippen molar-refractivity contribution in [3.63, 3.8) is 0 Å². The van der Waals surface area contributed by atoms with Crippen LogP contribution in [0.4, 0.5) is 5.95 Å². The number of terminal acetylenes is 1. The van der Waals surface area contributed by atoms with Crippen LogP contribution in [0.5, 0.6) is 0 Å². The molecule has 0 atom stereocenters. The number of hydrogen-bond acceptors (Lipinski definition) is 5. The lowest BCUT2D eigenvalue weighted by Gasteiger charge is -2.22. The van der Waals surface area contributed by atoms with Crippen LogP contribution < -0.4 is 21.5 Å². The summed E-state index contributed by atoms with van der Waals surface area (Å²) in [7, 11) is 0. The minimum atomic E-state index is -0.473. The number of benzene rings is 2. The molecule has 2 N–H and O–H groups in total. The van der Waals surface area contributed by atoms with Crippen molar-refractivity contribution >= 4 is 17.1 Å². The minimum absolute atomic E-state index is 0.311. The van der Waals surface area contributed by atoms with Crippen molar-refractivity contribution in [2.24, 2.45) is 0 Å². The lowest BCUT2D eigenvalue weighted by atomic mass is 10.1. The van der Waals surface area contributed by atoms with E-state index in [1.807, 2.05) is 59.2 Å². The number of hydrogen-bond donors (Lipinski definition) is 2. The van der Waals surface area contributed by atoms with Gasteiger partial charge in [-0.25, -0.2) is 4.79 Å². The Bertz CT molecular complexity index is 1470. The average Bonchev–Trinajstić information content (AvgIpc) is 3.03. The predicted octanol–water partition coefficient (Wildman–Crippen LogP) is 1.76. The third kappa shape index (κ3) is 4.14. The maximum Gasteiger partial charge on any atom is 0.330 e. The highest BCUT2D eigenvalue weighted by Gasteiger charge is 2.23. The first-order valence-corrected chi connectivity index (χ1v) is 11.4. The molecule has 34 heavy (non-hydrogen) atoms. The van der Waals surface area contributed by atoms with Gasteiger partial charge in [-0.3, -0.25) is 18.9 Å². The Labute approximate surface area is 196 Å². The van der Waals surface area contributed by atoms with E-state index < -0.39 is 11.2 Å². The van der Waals surface area contributed by atoms with Crippen molar-refractivity contribution in [2.45, 2.75) is 19.5 Å². The SMILES string of the molecule is C#Cc1ccccc1Cn1c(N2CCCNCC2)nc2c1c(=O)[nH]c(=O)n2Cc1ccccc1. The molecule has 5 rings (SSSR count). The summed E-state index contributed by atoms with van der Waals surface area (Å²) in [5.41, 5.74) is 2.46. The van der Waals surface area contributed by atoms with Gasteiger partial charge in [0.1, 0.15) is 0 Å². The molecule has 8 heteroatoms. The lowest BCUT2D eigenvalue weighted by Crippen LogP contribution is -2.32. The molecule has 1 fully saturated rings. The van der Waals surface area contributed by atoms with Gasteiger partial charge in [-0.15, -0.1) is 6.42 Å². The Morgan fingerprint density at radius 3 is 2.56 bits per heavy atom. The Balaban J connectivity index is 1.73. The Hall–Kier alpha value is -4.09. The molecule has 172 valence electrons. The molecule has 2 aromatic heterocycles. The van der Waals surface area contributed by atoms with Gasteiger partial charge >= 0.3 is 5.69 Å². The molecule has 0 radical (unpaired) electrons. The fraction of sp³-hybridized carbons (Fsp3) is 0.269. The van der Waals surface area contributed by atoms with Crippen LogP contribution in [-0.2, 0) is 13.1 Å². The van der Waals surface area contributed by atoms with Crippen LogP contribution >= 0.6 is 0 Å². The number of imidazole rings is 1. The molecule has 1 aliphatic rings. The highest BCUT2D eigenvalue weighted by molar-refractivity contribution is 5.75. The molecule has 0 amide bonds. The molecule has 3 heterocycles. The van der Waals surface area contributed by atoms with E-state index in [0.717, 1.165) is 49.3 Å². The summed E-state index contributed by atoms with van der Waals surface area (Å²) < 4.78 is 3.44. The second-order valence-corrected chi connectivity index (χ2v) is 8.39. The zero-order chi connectivity index (χ0) is 23.5. The highest BCUT2D eigenvalue weighted by Crippen LogP contribution is 2.23. The predicted molar refractivity (Wildman–Crippen MR) is 133 cm³/mol. The number of aromatic nitrogens is 4. The average molecular weight is 455 g/mol. The summed E-state index contributed by atoms with van der Waals surface area (Å²) in [6, 6.07) is 17.4. The third-order valence-electron chi connectivity index (χ3n) is 6.17. The van der Waals surface area contributed by atoms with Crippen LogP contribution in [-0.4, -0.2) is 45.3 Å². The quantitative estimate of drug-likeness (QED) is 0.449. The molecule has 1 saturated heterocycles. The fourth-order valence-corrected chi connectivity index (χ4v) is 4.48. The molecule has 0 aliphatic carbocycles. The van der Waals surface area contributed by atoms with Gasteiger partial charge in [0.05, 0.1) is 13.1 Å². The van der Waals surface area contributed by atoms with Gasteiger partial charge in [0.25, 0.3) is 5.56 Å². The number of nitrogens with zero attached hydrogens (tertiary/aromatic N) is 4. The van der Waals surface area contributed by atoms with E-state index in [-0.39, 0.29) is 0 Å². The number of anilines is 1. The van der Waals surface area contributed by atoms with Crippen LogP contribution in [0.3, 0.4) is 0 Å². The van der Waals surface area contributed by atoms with Crippen molar-refractivity contribution in [1.29, 1.82) is 0 Å². The monoisotopic (exact) mass is 454 g/mol. The zero-order valence-corrected chi connectivity index (χ0v) is 18.8. The topological polar surface area (TPSA) is 88.0 Å². The molecule has 0 saturated carbocycles. The van der Waals surface area contributed by atoms with Gasteiger partial charge in [0.15, 0.2) is 11.2 Å². The molecule has 0 spiro atoms. The van der Waals surface area contributed by atoms with E-state index in [2.05, 4.69) is 21.1 Å². The molecular weight excluding hydrogens is 428 g/mol. The summed E-state index contributed by atoms with van der Waals surface area (Å²) in [5, 5.41) is 3.40. The van der Waals surface area contributed by atoms with Gasteiger partial charge in [0, 0.05) is 25.2 Å². The smallest absolute Gasteiger partial charge is 0.330 e. The second-order valence-electron chi connectivity index (χ2n) is 8.39. The summed E-state index contributed by atoms with van der Waals surface area (Å²) in [5.74, 6) is 3.40. The first kappa shape index (κ1) is 21.7. The van der Waals surface area contributed by atoms with Crippen molar-refractivity contribution in [2.75, 3.05) is 31.1 Å². The van der Waals surface area contributed by atoms with Crippen LogP contribution in [0, 0.1) is 12.3 Å². The van der Waals surface area contributed by atoms with Gasteiger partial charge in [-0.1, -0.05) is 54.5 Å². The van der Waals surface area contributed by atoms with E-state index >= 15 is 0 Å². The molecule has 1 aliphatic heterocycles. The second kappa shape index (κ2) is 9.41. The van der Waals surface area contributed by atoms with Gasteiger partial charge < -0.3 is 10.2 Å². The molecular formula is C26H26N6O2. The minimum Gasteiger partial charge on any atom is -0.341 e. The standard InChI is InChI=1S/C26H26N6O2/c1-2-20-11-6-7-12-21(20)18-31-22-23(28-25(31)30-15-8-13-27-14-16-30)32(26(34)29-24(22)33)17-19-9-4-3-5-10-19/h1,3-7,9-12,27H,8,13-18H2,(H,29,33,34). The van der Waals surface area contributed by atoms with Crippen molar-refractivity contribution in [1.82, 2.24) is 24.4 Å². The van der Waals surface area contributed by atoms with E-state index in [0.29, 0.717) is 30.2 Å². The Morgan fingerprint density at radius 2 is 1.74 bits per heavy atom. The van der Waals surface area contributed by atoms with E-state index in [1.165, 1.54) is 4.57 Å². The number of rotatable bonds is 5. The largest absolute Gasteiger partial charge is 0.341 e. The first-order valence-electron chi connectivity index (χ1n) is 11.4. The summed E-state index contributed by atoms with van der Waals surface area (Å²) in [6.45, 7) is 3.98. The molecule has 0 unspecified atom stereocenters. The Morgan fingerprint density at radius 1 is 0.941 bits per heavy atom.